The Morgan fingerprint density at radius 3 is 2.53 bits per heavy atom. The summed E-state index contributed by atoms with van der Waals surface area (Å²) in [6, 6.07) is 5.08. The van der Waals surface area contributed by atoms with Crippen LogP contribution in [0.15, 0.2) is 22.7 Å². The molecule has 1 aromatic rings. The van der Waals surface area contributed by atoms with Crippen molar-refractivity contribution in [3.63, 3.8) is 0 Å². The molecule has 5 heteroatoms. The lowest BCUT2D eigenvalue weighted by Gasteiger charge is -2.12. The largest absolute Gasteiger partial charge is 0.434 e. The summed E-state index contributed by atoms with van der Waals surface area (Å²) in [5.74, 6) is 0.160. The topological polar surface area (TPSA) is 12.5 Å². The number of ether oxygens (including phenoxy) is 1. The SMILES string of the molecule is CN(C)Cc1ccc(OC(F)F)c(Br)c1. The Labute approximate surface area is 96.0 Å². The normalized spacial score (nSPS) is 11.1. The van der Waals surface area contributed by atoms with Gasteiger partial charge in [-0.1, -0.05) is 6.07 Å². The van der Waals surface area contributed by atoms with Gasteiger partial charge < -0.3 is 9.64 Å². The van der Waals surface area contributed by atoms with Crippen LogP contribution in [-0.2, 0) is 6.54 Å². The van der Waals surface area contributed by atoms with Crippen molar-refractivity contribution >= 4 is 15.9 Å². The fourth-order valence-electron chi connectivity index (χ4n) is 1.20. The number of benzene rings is 1. The Hall–Kier alpha value is -0.680. The monoisotopic (exact) mass is 279 g/mol. The first-order valence-electron chi connectivity index (χ1n) is 4.37. The average Bonchev–Trinajstić information content (AvgIpc) is 2.08. The molecule has 0 unspecified atom stereocenters. The molecule has 0 N–H and O–H groups in total. The van der Waals surface area contributed by atoms with E-state index < -0.39 is 6.61 Å². The van der Waals surface area contributed by atoms with E-state index in [0.29, 0.717) is 4.47 Å². The van der Waals surface area contributed by atoms with E-state index in [2.05, 4.69) is 20.7 Å². The summed E-state index contributed by atoms with van der Waals surface area (Å²) >= 11 is 3.19. The van der Waals surface area contributed by atoms with Crippen LogP contribution in [0.3, 0.4) is 0 Å². The lowest BCUT2D eigenvalue weighted by molar-refractivity contribution is -0.0503. The molecule has 0 aliphatic carbocycles. The Kier molecular flexibility index (Phi) is 4.47. The maximum Gasteiger partial charge on any atom is 0.387 e. The highest BCUT2D eigenvalue weighted by atomic mass is 79.9. The van der Waals surface area contributed by atoms with Gasteiger partial charge in [-0.15, -0.1) is 0 Å². The van der Waals surface area contributed by atoms with Crippen LogP contribution in [0.25, 0.3) is 0 Å². The van der Waals surface area contributed by atoms with E-state index in [0.717, 1.165) is 12.1 Å². The zero-order valence-electron chi connectivity index (χ0n) is 8.51. The number of halogens is 3. The molecule has 0 saturated carbocycles. The molecule has 2 nitrogen and oxygen atoms in total. The van der Waals surface area contributed by atoms with Crippen molar-refractivity contribution < 1.29 is 13.5 Å². The van der Waals surface area contributed by atoms with Crippen LogP contribution in [-0.4, -0.2) is 25.6 Å². The summed E-state index contributed by atoms with van der Waals surface area (Å²) in [6.45, 7) is -2.03. The summed E-state index contributed by atoms with van der Waals surface area (Å²) in [7, 11) is 3.88. The van der Waals surface area contributed by atoms with Gasteiger partial charge >= 0.3 is 6.61 Å². The molecule has 0 amide bonds. The van der Waals surface area contributed by atoms with E-state index in [-0.39, 0.29) is 5.75 Å². The van der Waals surface area contributed by atoms with Crippen molar-refractivity contribution in [3.05, 3.63) is 28.2 Å². The van der Waals surface area contributed by atoms with Gasteiger partial charge in [0.1, 0.15) is 5.75 Å². The molecule has 0 aliphatic rings. The molecule has 1 aromatic carbocycles. The molecule has 0 aromatic heterocycles. The molecule has 0 aliphatic heterocycles. The summed E-state index contributed by atoms with van der Waals surface area (Å²) < 4.78 is 28.8. The van der Waals surface area contributed by atoms with Crippen LogP contribution in [0.5, 0.6) is 5.75 Å². The molecule has 0 spiro atoms. The molecular weight excluding hydrogens is 268 g/mol. The van der Waals surface area contributed by atoms with Gasteiger partial charge in [0.25, 0.3) is 0 Å². The summed E-state index contributed by atoms with van der Waals surface area (Å²) in [4.78, 5) is 2.00. The van der Waals surface area contributed by atoms with E-state index in [1.54, 1.807) is 12.1 Å². The minimum absolute atomic E-state index is 0.160. The Morgan fingerprint density at radius 1 is 1.40 bits per heavy atom. The highest BCUT2D eigenvalue weighted by Crippen LogP contribution is 2.27. The Balaban J connectivity index is 2.78. The van der Waals surface area contributed by atoms with Crippen molar-refractivity contribution in [2.45, 2.75) is 13.2 Å². The van der Waals surface area contributed by atoms with Gasteiger partial charge in [0.05, 0.1) is 4.47 Å². The van der Waals surface area contributed by atoms with Crippen molar-refractivity contribution in [2.24, 2.45) is 0 Å². The number of nitrogens with zero attached hydrogens (tertiary/aromatic N) is 1. The molecule has 0 fully saturated rings. The first-order chi connectivity index (χ1) is 6.99. The van der Waals surface area contributed by atoms with Gasteiger partial charge in [-0.05, 0) is 47.7 Å². The molecule has 1 rings (SSSR count). The third-order valence-corrected chi connectivity index (χ3v) is 2.33. The van der Waals surface area contributed by atoms with Crippen LogP contribution in [0.1, 0.15) is 5.56 Å². The van der Waals surface area contributed by atoms with Gasteiger partial charge in [-0.25, -0.2) is 0 Å². The number of rotatable bonds is 4. The molecule has 0 bridgehead atoms. The lowest BCUT2D eigenvalue weighted by atomic mass is 10.2. The molecule has 0 saturated heterocycles. The van der Waals surface area contributed by atoms with E-state index in [1.807, 2.05) is 19.0 Å². The van der Waals surface area contributed by atoms with Crippen molar-refractivity contribution in [3.8, 4) is 5.75 Å². The van der Waals surface area contributed by atoms with Crippen LogP contribution in [0, 0.1) is 0 Å². The van der Waals surface area contributed by atoms with E-state index in [4.69, 9.17) is 0 Å². The molecule has 0 radical (unpaired) electrons. The zero-order valence-corrected chi connectivity index (χ0v) is 10.1. The van der Waals surface area contributed by atoms with Crippen molar-refractivity contribution in [1.82, 2.24) is 4.90 Å². The standard InChI is InChI=1S/C10H12BrF2NO/c1-14(2)6-7-3-4-9(8(11)5-7)15-10(12)13/h3-5,10H,6H2,1-2H3. The maximum absolute atomic E-state index is 12.0. The van der Waals surface area contributed by atoms with Crippen molar-refractivity contribution in [2.75, 3.05) is 14.1 Å². The zero-order chi connectivity index (χ0) is 11.4. The minimum Gasteiger partial charge on any atom is -0.434 e. The highest BCUT2D eigenvalue weighted by molar-refractivity contribution is 9.10. The average molecular weight is 280 g/mol. The quantitative estimate of drug-likeness (QED) is 0.840. The predicted molar refractivity (Wildman–Crippen MR) is 58.2 cm³/mol. The van der Waals surface area contributed by atoms with E-state index in [1.165, 1.54) is 6.07 Å². The van der Waals surface area contributed by atoms with E-state index >= 15 is 0 Å². The van der Waals surface area contributed by atoms with Crippen LogP contribution in [0.2, 0.25) is 0 Å². The van der Waals surface area contributed by atoms with E-state index in [9.17, 15) is 8.78 Å². The number of alkyl halides is 2. The van der Waals surface area contributed by atoms with Crippen molar-refractivity contribution in [1.29, 1.82) is 0 Å². The molecule has 84 valence electrons. The summed E-state index contributed by atoms with van der Waals surface area (Å²) in [6.07, 6.45) is 0. The van der Waals surface area contributed by atoms with Gasteiger partial charge in [0.15, 0.2) is 0 Å². The second-order valence-corrected chi connectivity index (χ2v) is 4.24. The lowest BCUT2D eigenvalue weighted by Crippen LogP contribution is -2.10. The van der Waals surface area contributed by atoms with Gasteiger partial charge in [-0.3, -0.25) is 0 Å². The number of hydrogen-bond donors (Lipinski definition) is 0. The summed E-state index contributed by atoms with van der Waals surface area (Å²) in [5.41, 5.74) is 1.04. The molecule has 0 atom stereocenters. The predicted octanol–water partition coefficient (Wildman–Crippen LogP) is 3.11. The molecule has 15 heavy (non-hydrogen) atoms. The first-order valence-corrected chi connectivity index (χ1v) is 5.16. The van der Waals surface area contributed by atoms with Crippen LogP contribution < -0.4 is 4.74 Å². The second-order valence-electron chi connectivity index (χ2n) is 3.38. The van der Waals surface area contributed by atoms with Gasteiger partial charge in [0, 0.05) is 6.54 Å². The second kappa shape index (κ2) is 5.42. The Bertz CT molecular complexity index is 331. The van der Waals surface area contributed by atoms with Crippen LogP contribution >= 0.6 is 15.9 Å². The molecular formula is C10H12BrF2NO. The van der Waals surface area contributed by atoms with Crippen LogP contribution in [0.4, 0.5) is 8.78 Å². The fourth-order valence-corrected chi connectivity index (χ4v) is 1.72. The summed E-state index contributed by atoms with van der Waals surface area (Å²) in [5, 5.41) is 0. The maximum atomic E-state index is 12.0. The minimum atomic E-state index is -2.79. The van der Waals surface area contributed by atoms with Gasteiger partial charge in [0.2, 0.25) is 0 Å². The molecule has 0 heterocycles. The first kappa shape index (κ1) is 12.4. The number of hydrogen-bond acceptors (Lipinski definition) is 2. The third-order valence-electron chi connectivity index (χ3n) is 1.71. The Morgan fingerprint density at radius 2 is 2.07 bits per heavy atom. The third kappa shape index (κ3) is 4.13. The highest BCUT2D eigenvalue weighted by Gasteiger charge is 2.08. The fraction of sp³-hybridized carbons (Fsp3) is 0.400. The smallest absolute Gasteiger partial charge is 0.387 e. The van der Waals surface area contributed by atoms with Gasteiger partial charge in [-0.2, -0.15) is 8.78 Å².